The minimum Gasteiger partial charge on any atom is -0.307 e. The summed E-state index contributed by atoms with van der Waals surface area (Å²) < 4.78 is 39.6. The molecule has 2 rings (SSSR count). The van der Waals surface area contributed by atoms with Gasteiger partial charge in [-0.3, -0.25) is 0 Å². The molecule has 0 fully saturated rings. The Balaban J connectivity index is 2.54. The molecule has 1 N–H and O–H groups in total. The fourth-order valence-electron chi connectivity index (χ4n) is 2.30. The molecule has 2 aromatic carbocycles. The van der Waals surface area contributed by atoms with Crippen LogP contribution in [-0.2, 0) is 6.18 Å². The lowest BCUT2D eigenvalue weighted by atomic mass is 9.94. The molecule has 1 nitrogen and oxygen atoms in total. The van der Waals surface area contributed by atoms with Crippen molar-refractivity contribution < 1.29 is 13.2 Å². The van der Waals surface area contributed by atoms with E-state index in [0.29, 0.717) is 17.1 Å². The highest BCUT2D eigenvalue weighted by Gasteiger charge is 2.35. The fraction of sp³-hybridized carbons (Fsp3) is 0.250. The van der Waals surface area contributed by atoms with Gasteiger partial charge in [0.25, 0.3) is 0 Å². The maximum Gasteiger partial charge on any atom is 0.416 e. The van der Waals surface area contributed by atoms with Crippen molar-refractivity contribution in [2.45, 2.75) is 19.1 Å². The highest BCUT2D eigenvalue weighted by Crippen LogP contribution is 2.36. The van der Waals surface area contributed by atoms with Crippen molar-refractivity contribution in [3.05, 3.63) is 70.2 Å². The van der Waals surface area contributed by atoms with E-state index in [2.05, 4.69) is 5.32 Å². The van der Waals surface area contributed by atoms with Gasteiger partial charge in [-0.15, -0.1) is 0 Å². The van der Waals surface area contributed by atoms with Crippen molar-refractivity contribution in [2.24, 2.45) is 0 Å². The molecule has 112 valence electrons. The molecule has 2 aromatic rings. The maximum atomic E-state index is 13.2. The minimum atomic E-state index is -4.39. The van der Waals surface area contributed by atoms with Gasteiger partial charge >= 0.3 is 6.18 Å². The lowest BCUT2D eigenvalue weighted by Crippen LogP contribution is -2.25. The van der Waals surface area contributed by atoms with Crippen LogP contribution < -0.4 is 5.32 Å². The van der Waals surface area contributed by atoms with Gasteiger partial charge in [0.2, 0.25) is 0 Å². The van der Waals surface area contributed by atoms with E-state index in [1.807, 2.05) is 6.92 Å². The first-order valence-corrected chi connectivity index (χ1v) is 6.96. The monoisotopic (exact) mass is 313 g/mol. The molecule has 0 saturated carbocycles. The van der Waals surface area contributed by atoms with Gasteiger partial charge in [0, 0.05) is 5.02 Å². The van der Waals surface area contributed by atoms with Gasteiger partial charge in [-0.25, -0.2) is 0 Å². The second-order valence-electron chi connectivity index (χ2n) is 4.63. The van der Waals surface area contributed by atoms with E-state index in [0.717, 1.165) is 6.07 Å². The maximum absolute atomic E-state index is 13.2. The molecule has 0 aliphatic heterocycles. The third-order valence-electron chi connectivity index (χ3n) is 3.17. The first kappa shape index (κ1) is 15.9. The topological polar surface area (TPSA) is 12.0 Å². The average Bonchev–Trinajstić information content (AvgIpc) is 2.44. The zero-order valence-electron chi connectivity index (χ0n) is 11.4. The Kier molecular flexibility index (Phi) is 4.91. The van der Waals surface area contributed by atoms with Gasteiger partial charge in [0.1, 0.15) is 0 Å². The summed E-state index contributed by atoms with van der Waals surface area (Å²) in [6.07, 6.45) is -4.39. The molecule has 0 aliphatic rings. The van der Waals surface area contributed by atoms with Gasteiger partial charge in [-0.1, -0.05) is 48.9 Å². The molecule has 1 atom stereocenters. The summed E-state index contributed by atoms with van der Waals surface area (Å²) in [4.78, 5) is 0. The molecule has 0 aliphatic carbocycles. The molecule has 0 saturated heterocycles. The fourth-order valence-corrected chi connectivity index (χ4v) is 2.50. The second kappa shape index (κ2) is 6.50. The number of nitrogens with one attached hydrogen (secondary N) is 1. The predicted molar refractivity (Wildman–Crippen MR) is 78.4 cm³/mol. The summed E-state index contributed by atoms with van der Waals surface area (Å²) in [6.45, 7) is 2.40. The van der Waals surface area contributed by atoms with Crippen LogP contribution in [0.4, 0.5) is 13.2 Å². The molecular weight excluding hydrogens is 299 g/mol. The standard InChI is InChI=1S/C16H15ClF3N/c1-2-21-15(11-6-5-7-12(17)10-11)13-8-3-4-9-14(13)16(18,19)20/h3-10,15,21H,2H2,1H3. The van der Waals surface area contributed by atoms with Gasteiger partial charge in [0.15, 0.2) is 0 Å². The van der Waals surface area contributed by atoms with Gasteiger partial charge in [-0.2, -0.15) is 13.2 Å². The van der Waals surface area contributed by atoms with Crippen molar-refractivity contribution >= 4 is 11.6 Å². The van der Waals surface area contributed by atoms with Crippen molar-refractivity contribution in [1.82, 2.24) is 5.32 Å². The van der Waals surface area contributed by atoms with Crippen molar-refractivity contribution in [3.63, 3.8) is 0 Å². The molecule has 0 heterocycles. The summed E-state index contributed by atoms with van der Waals surface area (Å²) in [5.41, 5.74) is 0.283. The quantitative estimate of drug-likeness (QED) is 0.832. The van der Waals surface area contributed by atoms with Gasteiger partial charge < -0.3 is 5.32 Å². The molecule has 0 bridgehead atoms. The van der Waals surface area contributed by atoms with Crippen LogP contribution in [0.15, 0.2) is 48.5 Å². The Morgan fingerprint density at radius 3 is 2.43 bits per heavy atom. The summed E-state index contributed by atoms with van der Waals surface area (Å²) in [6, 6.07) is 11.9. The number of hydrogen-bond donors (Lipinski definition) is 1. The molecule has 21 heavy (non-hydrogen) atoms. The SMILES string of the molecule is CCNC(c1cccc(Cl)c1)c1ccccc1C(F)(F)F. The number of hydrogen-bond acceptors (Lipinski definition) is 1. The number of rotatable bonds is 4. The number of halogens is 4. The first-order chi connectivity index (χ1) is 9.93. The van der Waals surface area contributed by atoms with E-state index in [1.54, 1.807) is 30.3 Å². The molecule has 0 amide bonds. The average molecular weight is 314 g/mol. The molecular formula is C16H15ClF3N. The van der Waals surface area contributed by atoms with Crippen molar-refractivity contribution in [3.8, 4) is 0 Å². The van der Waals surface area contributed by atoms with Crippen molar-refractivity contribution in [2.75, 3.05) is 6.54 Å². The van der Waals surface area contributed by atoms with Crippen LogP contribution in [0.5, 0.6) is 0 Å². The first-order valence-electron chi connectivity index (χ1n) is 6.58. The van der Waals surface area contributed by atoms with E-state index in [9.17, 15) is 13.2 Å². The Morgan fingerprint density at radius 1 is 1.10 bits per heavy atom. The van der Waals surface area contributed by atoms with Crippen LogP contribution in [0.2, 0.25) is 5.02 Å². The summed E-state index contributed by atoms with van der Waals surface area (Å²) in [5, 5.41) is 3.60. The van der Waals surface area contributed by atoms with Gasteiger partial charge in [-0.05, 0) is 35.9 Å². The normalized spacial score (nSPS) is 13.2. The highest BCUT2D eigenvalue weighted by molar-refractivity contribution is 6.30. The third-order valence-corrected chi connectivity index (χ3v) is 3.40. The van der Waals surface area contributed by atoms with Gasteiger partial charge in [0.05, 0.1) is 11.6 Å². The molecule has 5 heteroatoms. The van der Waals surface area contributed by atoms with E-state index >= 15 is 0 Å². The Morgan fingerprint density at radius 2 is 1.81 bits per heavy atom. The smallest absolute Gasteiger partial charge is 0.307 e. The van der Waals surface area contributed by atoms with Crippen LogP contribution in [0.3, 0.4) is 0 Å². The van der Waals surface area contributed by atoms with E-state index < -0.39 is 17.8 Å². The van der Waals surface area contributed by atoms with E-state index in [4.69, 9.17) is 11.6 Å². The molecule has 0 radical (unpaired) electrons. The molecule has 0 spiro atoms. The van der Waals surface area contributed by atoms with E-state index in [1.165, 1.54) is 12.1 Å². The molecule has 1 unspecified atom stereocenters. The van der Waals surface area contributed by atoms with Crippen molar-refractivity contribution in [1.29, 1.82) is 0 Å². The summed E-state index contributed by atoms with van der Waals surface area (Å²) in [5.74, 6) is 0. The van der Waals surface area contributed by atoms with Crippen LogP contribution in [-0.4, -0.2) is 6.54 Å². The summed E-state index contributed by atoms with van der Waals surface area (Å²) >= 11 is 5.96. The van der Waals surface area contributed by atoms with Crippen LogP contribution in [0.25, 0.3) is 0 Å². The zero-order valence-corrected chi connectivity index (χ0v) is 12.2. The predicted octanol–water partition coefficient (Wildman–Crippen LogP) is 5.06. The second-order valence-corrected chi connectivity index (χ2v) is 5.07. The Bertz CT molecular complexity index is 610. The van der Waals surface area contributed by atoms with Crippen LogP contribution in [0.1, 0.15) is 29.7 Å². The van der Waals surface area contributed by atoms with Crippen LogP contribution >= 0.6 is 11.6 Å². The number of alkyl halides is 3. The number of benzene rings is 2. The zero-order chi connectivity index (χ0) is 15.5. The lowest BCUT2D eigenvalue weighted by molar-refractivity contribution is -0.138. The van der Waals surface area contributed by atoms with E-state index in [-0.39, 0.29) is 5.56 Å². The Hall–Kier alpha value is -1.52. The molecule has 0 aromatic heterocycles. The largest absolute Gasteiger partial charge is 0.416 e. The summed E-state index contributed by atoms with van der Waals surface area (Å²) in [7, 11) is 0. The third kappa shape index (κ3) is 3.77. The van der Waals surface area contributed by atoms with Crippen LogP contribution in [0, 0.1) is 0 Å². The Labute approximate surface area is 126 Å². The minimum absolute atomic E-state index is 0.203. The lowest BCUT2D eigenvalue weighted by Gasteiger charge is -2.23. The highest BCUT2D eigenvalue weighted by atomic mass is 35.5.